The van der Waals surface area contributed by atoms with Crippen molar-refractivity contribution in [2.24, 2.45) is 0 Å². The van der Waals surface area contributed by atoms with Crippen molar-refractivity contribution in [3.63, 3.8) is 0 Å². The van der Waals surface area contributed by atoms with Crippen LogP contribution in [0, 0.1) is 5.82 Å². The van der Waals surface area contributed by atoms with E-state index in [4.69, 9.17) is 0 Å². The van der Waals surface area contributed by atoms with Crippen LogP contribution >= 0.6 is 11.3 Å². The van der Waals surface area contributed by atoms with Gasteiger partial charge in [-0.1, -0.05) is 42.5 Å². The summed E-state index contributed by atoms with van der Waals surface area (Å²) in [6, 6.07) is 17.4. The summed E-state index contributed by atoms with van der Waals surface area (Å²) in [6.45, 7) is 0. The van der Waals surface area contributed by atoms with Gasteiger partial charge in [-0.25, -0.2) is 4.39 Å². The molecule has 0 aliphatic rings. The molecule has 0 bridgehead atoms. The van der Waals surface area contributed by atoms with Crippen molar-refractivity contribution < 1.29 is 9.18 Å². The van der Waals surface area contributed by atoms with Crippen LogP contribution in [0.1, 0.15) is 15.2 Å². The van der Waals surface area contributed by atoms with Gasteiger partial charge in [0.15, 0.2) is 5.78 Å². The van der Waals surface area contributed by atoms with Crippen LogP contribution in [0.5, 0.6) is 0 Å². The maximum Gasteiger partial charge on any atom is 0.186 e. The molecule has 0 spiro atoms. The van der Waals surface area contributed by atoms with Gasteiger partial charge in [-0.2, -0.15) is 0 Å². The molecular weight excluding hydrogens is 295 g/mol. The number of carbonyl (C=O) groups is 1. The summed E-state index contributed by atoms with van der Waals surface area (Å²) in [5, 5.41) is 1.97. The molecule has 0 N–H and O–H groups in total. The number of thiophene rings is 1. The van der Waals surface area contributed by atoms with Crippen molar-refractivity contribution in [2.45, 2.75) is 0 Å². The predicted molar refractivity (Wildman–Crippen MR) is 89.5 cm³/mol. The van der Waals surface area contributed by atoms with E-state index in [0.717, 1.165) is 16.0 Å². The van der Waals surface area contributed by atoms with Crippen molar-refractivity contribution >= 4 is 23.2 Å². The van der Waals surface area contributed by atoms with Gasteiger partial charge >= 0.3 is 0 Å². The first-order valence-corrected chi connectivity index (χ1v) is 7.73. The number of allylic oxidation sites excluding steroid dienone is 1. The second-order valence-corrected chi connectivity index (χ2v) is 5.74. The quantitative estimate of drug-likeness (QED) is 0.462. The molecule has 3 heteroatoms. The second-order valence-electron chi connectivity index (χ2n) is 4.77. The minimum Gasteiger partial charge on any atom is -0.289 e. The Labute approximate surface area is 132 Å². The fraction of sp³-hybridized carbons (Fsp3) is 0. The number of hydrogen-bond donors (Lipinski definition) is 0. The molecule has 3 rings (SSSR count). The van der Waals surface area contributed by atoms with E-state index in [1.807, 2.05) is 41.8 Å². The molecule has 1 aromatic heterocycles. The molecule has 0 unspecified atom stereocenters. The van der Waals surface area contributed by atoms with Crippen molar-refractivity contribution in [2.75, 3.05) is 0 Å². The van der Waals surface area contributed by atoms with Gasteiger partial charge in [-0.15, -0.1) is 11.3 Å². The molecule has 0 aliphatic heterocycles. The lowest BCUT2D eigenvalue weighted by Crippen LogP contribution is -1.97. The van der Waals surface area contributed by atoms with Gasteiger partial charge in [-0.05, 0) is 46.9 Å². The highest BCUT2D eigenvalue weighted by Gasteiger charge is 2.10. The molecule has 0 aliphatic carbocycles. The van der Waals surface area contributed by atoms with Crippen LogP contribution in [0.3, 0.4) is 0 Å². The van der Waals surface area contributed by atoms with Gasteiger partial charge in [-0.3, -0.25) is 4.79 Å². The van der Waals surface area contributed by atoms with Gasteiger partial charge in [0, 0.05) is 10.4 Å². The molecule has 0 radical (unpaired) electrons. The lowest BCUT2D eigenvalue weighted by Gasteiger charge is -2.07. The van der Waals surface area contributed by atoms with Crippen LogP contribution in [0.2, 0.25) is 0 Å². The zero-order valence-electron chi connectivity index (χ0n) is 11.7. The van der Waals surface area contributed by atoms with E-state index in [2.05, 4.69) is 0 Å². The lowest BCUT2D eigenvalue weighted by atomic mass is 9.97. The number of carbonyl (C=O) groups excluding carboxylic acids is 1. The SMILES string of the molecule is O=C(/C=C/c1cccs1)c1ccccc1-c1ccc(F)cc1. The Morgan fingerprint density at radius 1 is 0.955 bits per heavy atom. The topological polar surface area (TPSA) is 17.1 Å². The number of ketones is 1. The average Bonchev–Trinajstić information content (AvgIpc) is 3.07. The summed E-state index contributed by atoms with van der Waals surface area (Å²) in [7, 11) is 0. The standard InChI is InChI=1S/C19H13FOS/c20-15-9-7-14(8-10-15)17-5-1-2-6-18(17)19(21)12-11-16-4-3-13-22-16/h1-13H/b12-11+. The maximum atomic E-state index is 13.1. The number of rotatable bonds is 4. The fourth-order valence-electron chi connectivity index (χ4n) is 2.21. The highest BCUT2D eigenvalue weighted by Crippen LogP contribution is 2.25. The first-order chi connectivity index (χ1) is 10.7. The summed E-state index contributed by atoms with van der Waals surface area (Å²) < 4.78 is 13.1. The van der Waals surface area contributed by atoms with Crippen LogP contribution in [-0.2, 0) is 0 Å². The highest BCUT2D eigenvalue weighted by molar-refractivity contribution is 7.10. The number of halogens is 1. The number of benzene rings is 2. The molecular formula is C19H13FOS. The Hall–Kier alpha value is -2.52. The van der Waals surface area contributed by atoms with Gasteiger partial charge in [0.05, 0.1) is 0 Å². The third-order valence-electron chi connectivity index (χ3n) is 3.29. The van der Waals surface area contributed by atoms with Crippen molar-refractivity contribution in [3.05, 3.63) is 88.4 Å². The molecule has 22 heavy (non-hydrogen) atoms. The van der Waals surface area contributed by atoms with E-state index in [1.165, 1.54) is 12.1 Å². The maximum absolute atomic E-state index is 13.1. The third-order valence-corrected chi connectivity index (χ3v) is 4.13. The third kappa shape index (κ3) is 3.21. The molecule has 1 heterocycles. The highest BCUT2D eigenvalue weighted by atomic mass is 32.1. The Morgan fingerprint density at radius 2 is 1.73 bits per heavy atom. The molecule has 2 aromatic carbocycles. The molecule has 0 amide bonds. The Balaban J connectivity index is 1.94. The minimum absolute atomic E-state index is 0.0617. The fourth-order valence-corrected chi connectivity index (χ4v) is 2.83. The molecule has 0 saturated carbocycles. The molecule has 0 atom stereocenters. The van der Waals surface area contributed by atoms with Crippen LogP contribution < -0.4 is 0 Å². The van der Waals surface area contributed by atoms with E-state index in [0.29, 0.717) is 5.56 Å². The first kappa shape index (κ1) is 14.4. The summed E-state index contributed by atoms with van der Waals surface area (Å²) in [4.78, 5) is 13.5. The summed E-state index contributed by atoms with van der Waals surface area (Å²) in [6.07, 6.45) is 3.39. The van der Waals surface area contributed by atoms with E-state index < -0.39 is 0 Å². The molecule has 3 aromatic rings. The van der Waals surface area contributed by atoms with Crippen molar-refractivity contribution in [3.8, 4) is 11.1 Å². The van der Waals surface area contributed by atoms with E-state index in [1.54, 1.807) is 35.6 Å². The summed E-state index contributed by atoms with van der Waals surface area (Å²) in [5.41, 5.74) is 2.25. The van der Waals surface area contributed by atoms with Crippen LogP contribution in [0.15, 0.2) is 72.1 Å². The van der Waals surface area contributed by atoms with Crippen LogP contribution in [0.25, 0.3) is 17.2 Å². The van der Waals surface area contributed by atoms with Gasteiger partial charge in [0.2, 0.25) is 0 Å². The molecule has 0 fully saturated rings. The van der Waals surface area contributed by atoms with E-state index >= 15 is 0 Å². The van der Waals surface area contributed by atoms with E-state index in [9.17, 15) is 9.18 Å². The van der Waals surface area contributed by atoms with Gasteiger partial charge in [0.1, 0.15) is 5.82 Å². The zero-order valence-corrected chi connectivity index (χ0v) is 12.5. The summed E-state index contributed by atoms with van der Waals surface area (Å²) in [5.74, 6) is -0.349. The van der Waals surface area contributed by atoms with Crippen molar-refractivity contribution in [1.82, 2.24) is 0 Å². The molecule has 108 valence electrons. The molecule has 0 saturated heterocycles. The lowest BCUT2D eigenvalue weighted by molar-refractivity contribution is 0.104. The monoisotopic (exact) mass is 308 g/mol. The minimum atomic E-state index is -0.287. The zero-order chi connectivity index (χ0) is 15.4. The normalized spacial score (nSPS) is 11.0. The Bertz CT molecular complexity index is 802. The predicted octanol–water partition coefficient (Wildman–Crippen LogP) is 5.45. The Kier molecular flexibility index (Phi) is 4.26. The van der Waals surface area contributed by atoms with Gasteiger partial charge < -0.3 is 0 Å². The summed E-state index contributed by atoms with van der Waals surface area (Å²) >= 11 is 1.58. The smallest absolute Gasteiger partial charge is 0.186 e. The largest absolute Gasteiger partial charge is 0.289 e. The molecule has 1 nitrogen and oxygen atoms in total. The van der Waals surface area contributed by atoms with Crippen LogP contribution in [0.4, 0.5) is 4.39 Å². The second kappa shape index (κ2) is 6.50. The number of hydrogen-bond acceptors (Lipinski definition) is 2. The van der Waals surface area contributed by atoms with E-state index in [-0.39, 0.29) is 11.6 Å². The first-order valence-electron chi connectivity index (χ1n) is 6.85. The van der Waals surface area contributed by atoms with Crippen LogP contribution in [-0.4, -0.2) is 5.78 Å². The average molecular weight is 308 g/mol. The Morgan fingerprint density at radius 3 is 2.45 bits per heavy atom. The van der Waals surface area contributed by atoms with Gasteiger partial charge in [0.25, 0.3) is 0 Å². The van der Waals surface area contributed by atoms with Crippen molar-refractivity contribution in [1.29, 1.82) is 0 Å².